The van der Waals surface area contributed by atoms with E-state index < -0.39 is 0 Å². The van der Waals surface area contributed by atoms with Crippen molar-refractivity contribution < 1.29 is 4.74 Å². The summed E-state index contributed by atoms with van der Waals surface area (Å²) in [5, 5.41) is 4.89. The Balaban J connectivity index is 2.12. The monoisotopic (exact) mass is 321 g/mol. The third-order valence-electron chi connectivity index (χ3n) is 3.85. The summed E-state index contributed by atoms with van der Waals surface area (Å²) >= 11 is 18.2. The van der Waals surface area contributed by atoms with Crippen molar-refractivity contribution in [2.24, 2.45) is 5.41 Å². The number of halogens is 3. The molecule has 2 rings (SSSR count). The van der Waals surface area contributed by atoms with Crippen LogP contribution in [0.4, 0.5) is 0 Å². The Morgan fingerprint density at radius 2 is 1.84 bits per heavy atom. The second-order valence-corrected chi connectivity index (χ2v) is 6.72. The second kappa shape index (κ2) is 5.69. The van der Waals surface area contributed by atoms with E-state index in [-0.39, 0.29) is 11.5 Å². The lowest BCUT2D eigenvalue weighted by Crippen LogP contribution is -2.62. The maximum Gasteiger partial charge on any atom is 0.157 e. The molecule has 0 saturated heterocycles. The van der Waals surface area contributed by atoms with E-state index in [4.69, 9.17) is 39.5 Å². The van der Waals surface area contributed by atoms with Crippen LogP contribution >= 0.6 is 34.8 Å². The first kappa shape index (κ1) is 15.2. The summed E-state index contributed by atoms with van der Waals surface area (Å²) in [6.45, 7) is 7.44. The zero-order chi connectivity index (χ0) is 14.2. The highest BCUT2D eigenvalue weighted by molar-refractivity contribution is 6.40. The van der Waals surface area contributed by atoms with Gasteiger partial charge in [0.2, 0.25) is 0 Å². The fraction of sp³-hybridized carbons (Fsp3) is 0.571. The van der Waals surface area contributed by atoms with Gasteiger partial charge in [0, 0.05) is 22.9 Å². The normalized spacial score (nSPS) is 24.9. The van der Waals surface area contributed by atoms with Gasteiger partial charge >= 0.3 is 0 Å². The van der Waals surface area contributed by atoms with Crippen molar-refractivity contribution in [3.8, 4) is 5.75 Å². The summed E-state index contributed by atoms with van der Waals surface area (Å²) in [6.07, 6.45) is 1.06. The molecule has 2 atom stereocenters. The molecular formula is C14H18Cl3NO. The number of benzene rings is 1. The predicted octanol–water partition coefficient (Wildman–Crippen LogP) is 4.80. The van der Waals surface area contributed by atoms with Crippen LogP contribution < -0.4 is 10.1 Å². The van der Waals surface area contributed by atoms with Crippen molar-refractivity contribution in [1.29, 1.82) is 0 Å². The van der Waals surface area contributed by atoms with Gasteiger partial charge < -0.3 is 10.1 Å². The van der Waals surface area contributed by atoms with Crippen LogP contribution in [-0.4, -0.2) is 18.7 Å². The second-order valence-electron chi connectivity index (χ2n) is 5.47. The molecule has 0 bridgehead atoms. The zero-order valence-electron chi connectivity index (χ0n) is 11.3. The van der Waals surface area contributed by atoms with Gasteiger partial charge in [-0.3, -0.25) is 0 Å². The van der Waals surface area contributed by atoms with Gasteiger partial charge in [-0.2, -0.15) is 0 Å². The molecule has 0 aliphatic heterocycles. The van der Waals surface area contributed by atoms with E-state index in [1.807, 2.05) is 0 Å². The lowest BCUT2D eigenvalue weighted by atomic mass is 9.64. The minimum absolute atomic E-state index is 0.0578. The molecule has 5 heteroatoms. The Morgan fingerprint density at radius 3 is 2.32 bits per heavy atom. The number of ether oxygens (including phenoxy) is 1. The molecule has 0 heterocycles. The van der Waals surface area contributed by atoms with Crippen LogP contribution in [0.5, 0.6) is 5.75 Å². The molecule has 0 spiro atoms. The van der Waals surface area contributed by atoms with Gasteiger partial charge in [0.15, 0.2) is 5.75 Å². The van der Waals surface area contributed by atoms with Gasteiger partial charge in [0.1, 0.15) is 6.10 Å². The Hall–Kier alpha value is -0.150. The minimum Gasteiger partial charge on any atom is -0.487 e. The number of hydrogen-bond acceptors (Lipinski definition) is 2. The maximum absolute atomic E-state index is 6.14. The van der Waals surface area contributed by atoms with Crippen LogP contribution in [0, 0.1) is 5.41 Å². The molecule has 1 aliphatic rings. The Labute approximate surface area is 129 Å². The highest BCUT2D eigenvalue weighted by Gasteiger charge is 2.49. The lowest BCUT2D eigenvalue weighted by molar-refractivity contribution is -0.0540. The smallest absolute Gasteiger partial charge is 0.157 e. The average Bonchev–Trinajstić information content (AvgIpc) is 2.30. The van der Waals surface area contributed by atoms with E-state index in [2.05, 4.69) is 26.1 Å². The number of hydrogen-bond donors (Lipinski definition) is 1. The van der Waals surface area contributed by atoms with Gasteiger partial charge in [-0.25, -0.2) is 0 Å². The standard InChI is InChI=1S/C14H18Cl3NO/c1-4-18-11-7-12(14(11,2)3)19-13-9(16)5-8(15)6-10(13)17/h5-6,11-12,18H,4,7H2,1-3H3. The Kier molecular flexibility index (Phi) is 4.56. The first-order valence-corrected chi connectivity index (χ1v) is 7.54. The molecule has 19 heavy (non-hydrogen) atoms. The largest absolute Gasteiger partial charge is 0.487 e. The van der Waals surface area contributed by atoms with E-state index in [1.54, 1.807) is 12.1 Å². The Bertz CT molecular complexity index is 453. The molecule has 0 radical (unpaired) electrons. The van der Waals surface area contributed by atoms with Crippen LogP contribution in [0.15, 0.2) is 12.1 Å². The first-order valence-electron chi connectivity index (χ1n) is 6.40. The Morgan fingerprint density at radius 1 is 1.26 bits per heavy atom. The van der Waals surface area contributed by atoms with Gasteiger partial charge in [-0.15, -0.1) is 0 Å². The summed E-state index contributed by atoms with van der Waals surface area (Å²) in [4.78, 5) is 0. The molecule has 1 aromatic rings. The summed E-state index contributed by atoms with van der Waals surface area (Å²) in [6, 6.07) is 3.77. The van der Waals surface area contributed by atoms with E-state index in [0.29, 0.717) is 26.9 Å². The van der Waals surface area contributed by atoms with Crippen LogP contribution in [0.3, 0.4) is 0 Å². The SMILES string of the molecule is CCNC1CC(Oc2c(Cl)cc(Cl)cc2Cl)C1(C)C. The summed E-state index contributed by atoms with van der Waals surface area (Å²) in [5.74, 6) is 0.528. The minimum atomic E-state index is 0.0578. The van der Waals surface area contributed by atoms with Gasteiger partial charge in [-0.1, -0.05) is 55.6 Å². The van der Waals surface area contributed by atoms with Gasteiger partial charge in [0.25, 0.3) is 0 Å². The summed E-state index contributed by atoms with van der Waals surface area (Å²) < 4.78 is 6.00. The fourth-order valence-electron chi connectivity index (χ4n) is 2.46. The van der Waals surface area contributed by atoms with Gasteiger partial charge in [-0.05, 0) is 18.7 Å². The molecule has 0 amide bonds. The highest BCUT2D eigenvalue weighted by Crippen LogP contribution is 2.46. The van der Waals surface area contributed by atoms with Crippen molar-refractivity contribution >= 4 is 34.8 Å². The summed E-state index contributed by atoms with van der Waals surface area (Å²) in [5.41, 5.74) is 0.0578. The van der Waals surface area contributed by atoms with E-state index in [1.165, 1.54) is 0 Å². The molecule has 0 aromatic heterocycles. The summed E-state index contributed by atoms with van der Waals surface area (Å²) in [7, 11) is 0. The van der Waals surface area contributed by atoms with Crippen molar-refractivity contribution in [3.63, 3.8) is 0 Å². The lowest BCUT2D eigenvalue weighted by Gasteiger charge is -2.51. The quantitative estimate of drug-likeness (QED) is 0.859. The molecule has 1 N–H and O–H groups in total. The zero-order valence-corrected chi connectivity index (χ0v) is 13.5. The van der Waals surface area contributed by atoms with Crippen LogP contribution in [-0.2, 0) is 0 Å². The van der Waals surface area contributed by atoms with E-state index in [9.17, 15) is 0 Å². The van der Waals surface area contributed by atoms with E-state index >= 15 is 0 Å². The van der Waals surface area contributed by atoms with Crippen LogP contribution in [0.1, 0.15) is 27.2 Å². The van der Waals surface area contributed by atoms with Crippen molar-refractivity contribution in [2.75, 3.05) is 6.54 Å². The van der Waals surface area contributed by atoms with Crippen molar-refractivity contribution in [3.05, 3.63) is 27.2 Å². The first-order chi connectivity index (χ1) is 8.86. The molecule has 2 nitrogen and oxygen atoms in total. The topological polar surface area (TPSA) is 21.3 Å². The molecule has 1 aromatic carbocycles. The van der Waals surface area contributed by atoms with Crippen molar-refractivity contribution in [2.45, 2.75) is 39.3 Å². The van der Waals surface area contributed by atoms with E-state index in [0.717, 1.165) is 13.0 Å². The third kappa shape index (κ3) is 2.97. The third-order valence-corrected chi connectivity index (χ3v) is 4.63. The predicted molar refractivity (Wildman–Crippen MR) is 81.8 cm³/mol. The molecular weight excluding hydrogens is 305 g/mol. The molecule has 1 fully saturated rings. The van der Waals surface area contributed by atoms with Crippen LogP contribution in [0.25, 0.3) is 0 Å². The molecule has 1 aliphatic carbocycles. The molecule has 2 unspecified atom stereocenters. The number of rotatable bonds is 4. The fourth-order valence-corrected chi connectivity index (χ4v) is 3.37. The average molecular weight is 323 g/mol. The van der Waals surface area contributed by atoms with Crippen LogP contribution in [0.2, 0.25) is 15.1 Å². The highest BCUT2D eigenvalue weighted by atomic mass is 35.5. The molecule has 1 saturated carbocycles. The van der Waals surface area contributed by atoms with Crippen molar-refractivity contribution in [1.82, 2.24) is 5.32 Å². The number of nitrogens with one attached hydrogen (secondary N) is 1. The van der Waals surface area contributed by atoms with Gasteiger partial charge in [0.05, 0.1) is 10.0 Å². The molecule has 106 valence electrons. The maximum atomic E-state index is 6.14.